The maximum atomic E-state index is 12.2. The van der Waals surface area contributed by atoms with Crippen molar-refractivity contribution in [1.29, 1.82) is 0 Å². The van der Waals surface area contributed by atoms with E-state index in [-0.39, 0.29) is 11.7 Å². The molecule has 0 atom stereocenters. The average Bonchev–Trinajstić information content (AvgIpc) is 3.17. The third kappa shape index (κ3) is 3.94. The lowest BCUT2D eigenvalue weighted by molar-refractivity contribution is -0.113. The van der Waals surface area contributed by atoms with Crippen LogP contribution in [0.1, 0.15) is 0 Å². The van der Waals surface area contributed by atoms with Crippen molar-refractivity contribution in [3.8, 4) is 17.1 Å². The van der Waals surface area contributed by atoms with Crippen LogP contribution >= 0.6 is 11.8 Å². The van der Waals surface area contributed by atoms with E-state index in [1.54, 1.807) is 48.3 Å². The van der Waals surface area contributed by atoms with E-state index in [2.05, 4.69) is 25.6 Å². The molecule has 0 aliphatic rings. The highest BCUT2D eigenvalue weighted by molar-refractivity contribution is 7.99. The molecule has 0 aliphatic heterocycles. The van der Waals surface area contributed by atoms with Crippen LogP contribution in [0.15, 0.2) is 66.0 Å². The summed E-state index contributed by atoms with van der Waals surface area (Å²) in [5, 5.41) is 16.4. The zero-order chi connectivity index (χ0) is 19.3. The standard InChI is InChI=1S/C19H16N6O2S/c1-27-15-4-2-14(3-5-15)21-17(26)12-28-18-7-6-16-22-23-19(25(16)24-18)13-8-10-20-11-9-13/h2-11H,12H2,1H3,(H,21,26). The molecule has 0 saturated heterocycles. The number of aromatic nitrogens is 5. The van der Waals surface area contributed by atoms with E-state index < -0.39 is 0 Å². The number of carbonyl (C=O) groups is 1. The number of amides is 1. The van der Waals surface area contributed by atoms with Gasteiger partial charge in [-0.05, 0) is 48.5 Å². The summed E-state index contributed by atoms with van der Waals surface area (Å²) in [6.07, 6.45) is 3.39. The van der Waals surface area contributed by atoms with Gasteiger partial charge in [-0.25, -0.2) is 0 Å². The molecule has 0 saturated carbocycles. The fraction of sp³-hybridized carbons (Fsp3) is 0.105. The molecule has 0 radical (unpaired) electrons. The van der Waals surface area contributed by atoms with Crippen LogP contribution in [-0.4, -0.2) is 43.6 Å². The largest absolute Gasteiger partial charge is 0.497 e. The smallest absolute Gasteiger partial charge is 0.234 e. The van der Waals surface area contributed by atoms with E-state index in [1.165, 1.54) is 11.8 Å². The molecule has 4 aromatic rings. The topological polar surface area (TPSA) is 94.3 Å². The van der Waals surface area contributed by atoms with E-state index in [4.69, 9.17) is 4.74 Å². The Morgan fingerprint density at radius 2 is 1.86 bits per heavy atom. The van der Waals surface area contributed by atoms with E-state index >= 15 is 0 Å². The highest BCUT2D eigenvalue weighted by atomic mass is 32.2. The fourth-order valence-corrected chi connectivity index (χ4v) is 3.20. The van der Waals surface area contributed by atoms with Crippen molar-refractivity contribution in [2.75, 3.05) is 18.2 Å². The first-order valence-electron chi connectivity index (χ1n) is 8.42. The molecule has 3 aromatic heterocycles. The SMILES string of the molecule is COc1ccc(NC(=O)CSc2ccc3nnc(-c4ccncc4)n3n2)cc1. The first-order valence-corrected chi connectivity index (χ1v) is 9.41. The van der Waals surface area contributed by atoms with E-state index in [0.717, 1.165) is 11.3 Å². The Morgan fingerprint density at radius 3 is 2.61 bits per heavy atom. The Bertz CT molecular complexity index is 1100. The number of ether oxygens (including phenoxy) is 1. The number of fused-ring (bicyclic) bond motifs is 1. The number of benzene rings is 1. The molecule has 140 valence electrons. The quantitative estimate of drug-likeness (QED) is 0.504. The lowest BCUT2D eigenvalue weighted by Gasteiger charge is -2.06. The molecule has 9 heteroatoms. The maximum Gasteiger partial charge on any atom is 0.234 e. The number of nitrogens with one attached hydrogen (secondary N) is 1. The summed E-state index contributed by atoms with van der Waals surface area (Å²) in [5.74, 6) is 1.48. The van der Waals surface area contributed by atoms with Gasteiger partial charge in [-0.2, -0.15) is 9.61 Å². The lowest BCUT2D eigenvalue weighted by Crippen LogP contribution is -2.14. The molecule has 3 heterocycles. The van der Waals surface area contributed by atoms with Gasteiger partial charge in [0.05, 0.1) is 12.9 Å². The molecular formula is C19H16N6O2S. The number of pyridine rings is 1. The molecule has 0 aliphatic carbocycles. The number of nitrogens with zero attached hydrogens (tertiary/aromatic N) is 5. The summed E-state index contributed by atoms with van der Waals surface area (Å²) >= 11 is 1.34. The minimum Gasteiger partial charge on any atom is -0.497 e. The van der Waals surface area contributed by atoms with Gasteiger partial charge in [-0.15, -0.1) is 10.2 Å². The molecule has 0 spiro atoms. The molecule has 8 nitrogen and oxygen atoms in total. The fourth-order valence-electron chi connectivity index (χ4n) is 2.54. The summed E-state index contributed by atoms with van der Waals surface area (Å²) in [4.78, 5) is 16.2. The summed E-state index contributed by atoms with van der Waals surface area (Å²) < 4.78 is 6.77. The minimum atomic E-state index is -0.116. The van der Waals surface area contributed by atoms with Crippen LogP contribution in [0, 0.1) is 0 Å². The summed E-state index contributed by atoms with van der Waals surface area (Å²) in [7, 11) is 1.60. The molecule has 1 aromatic carbocycles. The summed E-state index contributed by atoms with van der Waals surface area (Å²) in [6.45, 7) is 0. The van der Waals surface area contributed by atoms with Crippen LogP contribution in [0.4, 0.5) is 5.69 Å². The Hall–Kier alpha value is -3.46. The average molecular weight is 392 g/mol. The second-order valence-electron chi connectivity index (χ2n) is 5.77. The number of hydrogen-bond acceptors (Lipinski definition) is 7. The minimum absolute atomic E-state index is 0.116. The molecule has 0 bridgehead atoms. The van der Waals surface area contributed by atoms with Crippen LogP contribution in [0.25, 0.3) is 17.0 Å². The van der Waals surface area contributed by atoms with Crippen molar-refractivity contribution in [2.24, 2.45) is 0 Å². The predicted octanol–water partition coefficient (Wildman–Crippen LogP) is 2.93. The lowest BCUT2D eigenvalue weighted by atomic mass is 10.2. The number of anilines is 1. The van der Waals surface area contributed by atoms with Gasteiger partial charge in [0, 0.05) is 23.6 Å². The van der Waals surface area contributed by atoms with E-state index in [0.29, 0.717) is 22.2 Å². The van der Waals surface area contributed by atoms with Crippen LogP contribution in [0.2, 0.25) is 0 Å². The van der Waals surface area contributed by atoms with Gasteiger partial charge in [0.25, 0.3) is 0 Å². The first kappa shape index (κ1) is 17.9. The first-order chi connectivity index (χ1) is 13.7. The van der Waals surface area contributed by atoms with Crippen LogP contribution in [0.5, 0.6) is 5.75 Å². The Kier molecular flexibility index (Phi) is 5.16. The van der Waals surface area contributed by atoms with Gasteiger partial charge in [0.15, 0.2) is 11.5 Å². The molecular weight excluding hydrogens is 376 g/mol. The van der Waals surface area contributed by atoms with Crippen molar-refractivity contribution in [3.63, 3.8) is 0 Å². The Labute approximate surface area is 165 Å². The van der Waals surface area contributed by atoms with Crippen molar-refractivity contribution in [3.05, 3.63) is 60.9 Å². The summed E-state index contributed by atoms with van der Waals surface area (Å²) in [5.41, 5.74) is 2.22. The third-order valence-corrected chi connectivity index (χ3v) is 4.82. The molecule has 1 amide bonds. The molecule has 1 N–H and O–H groups in total. The normalized spacial score (nSPS) is 10.8. The number of rotatable bonds is 6. The van der Waals surface area contributed by atoms with Crippen molar-refractivity contribution in [1.82, 2.24) is 24.8 Å². The van der Waals surface area contributed by atoms with Gasteiger partial charge in [-0.3, -0.25) is 9.78 Å². The third-order valence-electron chi connectivity index (χ3n) is 3.90. The Morgan fingerprint density at radius 1 is 1.07 bits per heavy atom. The highest BCUT2D eigenvalue weighted by Crippen LogP contribution is 2.21. The van der Waals surface area contributed by atoms with Gasteiger partial charge < -0.3 is 10.1 Å². The zero-order valence-corrected chi connectivity index (χ0v) is 15.8. The van der Waals surface area contributed by atoms with Crippen LogP contribution < -0.4 is 10.1 Å². The molecule has 0 fully saturated rings. The van der Waals surface area contributed by atoms with Crippen LogP contribution in [-0.2, 0) is 4.79 Å². The van der Waals surface area contributed by atoms with Gasteiger partial charge >= 0.3 is 0 Å². The van der Waals surface area contributed by atoms with E-state index in [9.17, 15) is 4.79 Å². The zero-order valence-electron chi connectivity index (χ0n) is 14.9. The molecule has 4 rings (SSSR count). The predicted molar refractivity (Wildman–Crippen MR) is 106 cm³/mol. The Balaban J connectivity index is 1.45. The van der Waals surface area contributed by atoms with E-state index in [1.807, 2.05) is 24.3 Å². The number of thioether (sulfide) groups is 1. The van der Waals surface area contributed by atoms with Crippen LogP contribution in [0.3, 0.4) is 0 Å². The molecule has 28 heavy (non-hydrogen) atoms. The number of carbonyl (C=O) groups excluding carboxylic acids is 1. The second kappa shape index (κ2) is 8.05. The van der Waals surface area contributed by atoms with Crippen molar-refractivity contribution >= 4 is 29.0 Å². The maximum absolute atomic E-state index is 12.2. The van der Waals surface area contributed by atoms with Crippen molar-refractivity contribution < 1.29 is 9.53 Å². The number of methoxy groups -OCH3 is 1. The van der Waals surface area contributed by atoms with Gasteiger partial charge in [0.2, 0.25) is 5.91 Å². The summed E-state index contributed by atoms with van der Waals surface area (Å²) in [6, 6.07) is 14.5. The number of hydrogen-bond donors (Lipinski definition) is 1. The second-order valence-corrected chi connectivity index (χ2v) is 6.76. The highest BCUT2D eigenvalue weighted by Gasteiger charge is 2.11. The van der Waals surface area contributed by atoms with Crippen molar-refractivity contribution in [2.45, 2.75) is 5.03 Å². The molecule has 0 unspecified atom stereocenters. The van der Waals surface area contributed by atoms with Gasteiger partial charge in [0.1, 0.15) is 10.8 Å². The monoisotopic (exact) mass is 392 g/mol. The van der Waals surface area contributed by atoms with Gasteiger partial charge in [-0.1, -0.05) is 11.8 Å².